The van der Waals surface area contributed by atoms with Gasteiger partial charge in [0.1, 0.15) is 0 Å². The Morgan fingerprint density at radius 2 is 2.35 bits per heavy atom. The average molecular weight is 253 g/mol. The lowest BCUT2D eigenvalue weighted by Crippen LogP contribution is -2.23. The zero-order valence-corrected chi connectivity index (χ0v) is 11.7. The second-order valence-electron chi connectivity index (χ2n) is 4.91. The number of anilines is 1. The third kappa shape index (κ3) is 3.68. The number of nitrogens with zero attached hydrogens (tertiary/aromatic N) is 2. The summed E-state index contributed by atoms with van der Waals surface area (Å²) < 4.78 is 0. The van der Waals surface area contributed by atoms with E-state index in [1.165, 1.54) is 42.4 Å². The molecule has 1 saturated heterocycles. The lowest BCUT2D eigenvalue weighted by atomic mass is 10.0. The van der Waals surface area contributed by atoms with Crippen molar-refractivity contribution in [3.05, 3.63) is 11.1 Å². The monoisotopic (exact) mass is 253 g/mol. The minimum atomic E-state index is 0.876. The number of aromatic nitrogens is 1. The summed E-state index contributed by atoms with van der Waals surface area (Å²) in [6.07, 6.45) is 6.01. The highest BCUT2D eigenvalue weighted by atomic mass is 32.1. The van der Waals surface area contributed by atoms with Crippen LogP contribution in [0.1, 0.15) is 38.0 Å². The van der Waals surface area contributed by atoms with E-state index in [4.69, 9.17) is 0 Å². The summed E-state index contributed by atoms with van der Waals surface area (Å²) in [6, 6.07) is 0. The van der Waals surface area contributed by atoms with Crippen molar-refractivity contribution in [3.8, 4) is 0 Å². The fraction of sp³-hybridized carbons (Fsp3) is 0.769. The number of rotatable bonds is 4. The molecule has 3 nitrogen and oxygen atoms in total. The van der Waals surface area contributed by atoms with Crippen molar-refractivity contribution in [1.29, 1.82) is 0 Å². The Hall–Kier alpha value is -0.610. The Labute approximate surface area is 108 Å². The maximum atomic E-state index is 4.56. The molecule has 1 aliphatic rings. The zero-order valence-electron chi connectivity index (χ0n) is 10.9. The summed E-state index contributed by atoms with van der Waals surface area (Å²) in [6.45, 7) is 8.83. The van der Waals surface area contributed by atoms with Gasteiger partial charge in [0.25, 0.3) is 0 Å². The van der Waals surface area contributed by atoms with Crippen molar-refractivity contribution in [2.24, 2.45) is 5.92 Å². The fourth-order valence-corrected chi connectivity index (χ4v) is 3.16. The Bertz CT molecular complexity index is 337. The normalized spacial score (nSPS) is 21.5. The third-order valence-electron chi connectivity index (χ3n) is 3.38. The molecule has 2 heterocycles. The van der Waals surface area contributed by atoms with Crippen molar-refractivity contribution in [1.82, 2.24) is 10.3 Å². The molecule has 0 radical (unpaired) electrons. The van der Waals surface area contributed by atoms with Crippen LogP contribution in [0.2, 0.25) is 0 Å². The third-order valence-corrected chi connectivity index (χ3v) is 4.44. The SMILES string of the molecule is CCNCc1cnc(N2CCCC(C)CC2)s1. The quantitative estimate of drug-likeness (QED) is 0.894. The van der Waals surface area contributed by atoms with E-state index in [2.05, 4.69) is 29.0 Å². The van der Waals surface area contributed by atoms with Crippen molar-refractivity contribution in [2.75, 3.05) is 24.5 Å². The maximum absolute atomic E-state index is 4.56. The van der Waals surface area contributed by atoms with E-state index >= 15 is 0 Å². The zero-order chi connectivity index (χ0) is 12.1. The molecule has 0 amide bonds. The first kappa shape index (κ1) is 12.8. The Balaban J connectivity index is 1.94. The molecule has 96 valence electrons. The van der Waals surface area contributed by atoms with Crippen LogP contribution in [-0.4, -0.2) is 24.6 Å². The van der Waals surface area contributed by atoms with Crippen molar-refractivity contribution in [3.63, 3.8) is 0 Å². The fourth-order valence-electron chi connectivity index (χ4n) is 2.23. The van der Waals surface area contributed by atoms with Gasteiger partial charge >= 0.3 is 0 Å². The lowest BCUT2D eigenvalue weighted by Gasteiger charge is -2.18. The number of hydrogen-bond acceptors (Lipinski definition) is 4. The number of hydrogen-bond donors (Lipinski definition) is 1. The van der Waals surface area contributed by atoms with E-state index in [-0.39, 0.29) is 0 Å². The van der Waals surface area contributed by atoms with Crippen LogP contribution in [0.3, 0.4) is 0 Å². The Morgan fingerprint density at radius 1 is 1.47 bits per heavy atom. The van der Waals surface area contributed by atoms with E-state index in [9.17, 15) is 0 Å². The molecule has 1 aliphatic heterocycles. The molecule has 17 heavy (non-hydrogen) atoms. The first-order chi connectivity index (χ1) is 8.29. The molecule has 0 aromatic carbocycles. The van der Waals surface area contributed by atoms with Crippen molar-refractivity contribution < 1.29 is 0 Å². The molecule has 2 rings (SSSR count). The largest absolute Gasteiger partial charge is 0.348 e. The van der Waals surface area contributed by atoms with E-state index < -0.39 is 0 Å². The van der Waals surface area contributed by atoms with Gasteiger partial charge in [-0.3, -0.25) is 0 Å². The van der Waals surface area contributed by atoms with Crippen LogP contribution in [0, 0.1) is 5.92 Å². The molecule has 1 unspecified atom stereocenters. The Morgan fingerprint density at radius 3 is 3.18 bits per heavy atom. The van der Waals surface area contributed by atoms with E-state index in [0.717, 1.165) is 19.0 Å². The van der Waals surface area contributed by atoms with Gasteiger partial charge in [-0.05, 0) is 31.7 Å². The molecular weight excluding hydrogens is 230 g/mol. The van der Waals surface area contributed by atoms with Gasteiger partial charge < -0.3 is 10.2 Å². The van der Waals surface area contributed by atoms with E-state index in [1.807, 2.05) is 17.5 Å². The summed E-state index contributed by atoms with van der Waals surface area (Å²) in [5.74, 6) is 0.876. The van der Waals surface area contributed by atoms with Crippen LogP contribution in [0.25, 0.3) is 0 Å². The predicted molar refractivity (Wildman–Crippen MR) is 74.7 cm³/mol. The molecule has 1 N–H and O–H groups in total. The summed E-state index contributed by atoms with van der Waals surface area (Å²) in [7, 11) is 0. The van der Waals surface area contributed by atoms with Crippen LogP contribution < -0.4 is 10.2 Å². The van der Waals surface area contributed by atoms with Crippen molar-refractivity contribution >= 4 is 16.5 Å². The molecule has 1 fully saturated rings. The molecule has 0 saturated carbocycles. The molecule has 4 heteroatoms. The standard InChI is InChI=1S/C13H23N3S/c1-3-14-9-12-10-15-13(17-12)16-7-4-5-11(2)6-8-16/h10-11,14H,3-9H2,1-2H3. The highest BCUT2D eigenvalue weighted by Crippen LogP contribution is 2.26. The first-order valence-electron chi connectivity index (χ1n) is 6.70. The van der Waals surface area contributed by atoms with Gasteiger partial charge in [0.05, 0.1) is 0 Å². The first-order valence-corrected chi connectivity index (χ1v) is 7.51. The molecule has 0 aliphatic carbocycles. The molecular formula is C13H23N3S. The lowest BCUT2D eigenvalue weighted by molar-refractivity contribution is 0.521. The van der Waals surface area contributed by atoms with Gasteiger partial charge in [-0.1, -0.05) is 13.8 Å². The van der Waals surface area contributed by atoms with Gasteiger partial charge in [-0.25, -0.2) is 4.98 Å². The predicted octanol–water partition coefficient (Wildman–Crippen LogP) is 2.88. The minimum absolute atomic E-state index is 0.876. The van der Waals surface area contributed by atoms with Gasteiger partial charge in [0, 0.05) is 30.7 Å². The maximum Gasteiger partial charge on any atom is 0.185 e. The molecule has 1 aromatic rings. The topological polar surface area (TPSA) is 28.2 Å². The summed E-state index contributed by atoms with van der Waals surface area (Å²) in [5, 5.41) is 4.57. The molecule has 1 atom stereocenters. The van der Waals surface area contributed by atoms with Crippen LogP contribution in [0.4, 0.5) is 5.13 Å². The highest BCUT2D eigenvalue weighted by molar-refractivity contribution is 7.15. The van der Waals surface area contributed by atoms with Crippen LogP contribution in [-0.2, 0) is 6.54 Å². The average Bonchev–Trinajstić information content (AvgIpc) is 2.69. The van der Waals surface area contributed by atoms with Gasteiger partial charge in [0.2, 0.25) is 0 Å². The summed E-state index contributed by atoms with van der Waals surface area (Å²) >= 11 is 1.84. The van der Waals surface area contributed by atoms with Gasteiger partial charge in [0.15, 0.2) is 5.13 Å². The number of nitrogens with one attached hydrogen (secondary N) is 1. The van der Waals surface area contributed by atoms with Gasteiger partial charge in [-0.2, -0.15) is 0 Å². The smallest absolute Gasteiger partial charge is 0.185 e. The van der Waals surface area contributed by atoms with E-state index in [0.29, 0.717) is 0 Å². The van der Waals surface area contributed by atoms with Crippen LogP contribution >= 0.6 is 11.3 Å². The van der Waals surface area contributed by atoms with Crippen LogP contribution in [0.15, 0.2) is 6.20 Å². The second-order valence-corrected chi connectivity index (χ2v) is 6.01. The molecule has 1 aromatic heterocycles. The molecule has 0 spiro atoms. The van der Waals surface area contributed by atoms with Crippen LogP contribution in [0.5, 0.6) is 0 Å². The molecule has 0 bridgehead atoms. The summed E-state index contributed by atoms with van der Waals surface area (Å²) in [4.78, 5) is 8.37. The second kappa shape index (κ2) is 6.36. The number of thiazole rings is 1. The Kier molecular flexibility index (Phi) is 4.80. The summed E-state index contributed by atoms with van der Waals surface area (Å²) in [5.41, 5.74) is 0. The van der Waals surface area contributed by atoms with E-state index in [1.54, 1.807) is 0 Å². The van der Waals surface area contributed by atoms with Crippen molar-refractivity contribution in [2.45, 2.75) is 39.7 Å². The van der Waals surface area contributed by atoms with Gasteiger partial charge in [-0.15, -0.1) is 11.3 Å². The minimum Gasteiger partial charge on any atom is -0.348 e. The highest BCUT2D eigenvalue weighted by Gasteiger charge is 2.16.